The summed E-state index contributed by atoms with van der Waals surface area (Å²) in [5.74, 6) is 1.49. The highest BCUT2D eigenvalue weighted by molar-refractivity contribution is 6.05. The smallest absolute Gasteiger partial charge is 0.304 e. The van der Waals surface area contributed by atoms with Crippen molar-refractivity contribution in [2.45, 2.75) is 32.8 Å². The first kappa shape index (κ1) is 23.9. The van der Waals surface area contributed by atoms with Crippen molar-refractivity contribution in [3.8, 4) is 23.2 Å². The molecule has 1 atom stereocenters. The summed E-state index contributed by atoms with van der Waals surface area (Å²) >= 11 is 0. The van der Waals surface area contributed by atoms with Crippen molar-refractivity contribution in [2.24, 2.45) is 0 Å². The number of hydrogen-bond donors (Lipinski definition) is 3. The van der Waals surface area contributed by atoms with Crippen molar-refractivity contribution >= 4 is 34.5 Å². The standard InChI is InChI=1S/C26H24N8O3/c1-15(10-18(28)12-27)31-25-19(16(2)35)6-8-23(32-25)34-14-30-20-7-5-17(11-21(20)34)22-13-29-26(37-22)33-9-3-4-24(33)36/h5-8,10-11,13-14,16,28,35H,3-4,9H2,1-2H3,(H,31,32)/b15-10-,28-18?. The Balaban J connectivity index is 1.52. The monoisotopic (exact) mass is 496 g/mol. The molecule has 4 aromatic rings. The Morgan fingerprint density at radius 1 is 1.32 bits per heavy atom. The van der Waals surface area contributed by atoms with Crippen LogP contribution in [0.15, 0.2) is 59.0 Å². The SMILES string of the molecule is C/C(=C/C(=N)C#N)Nc1nc(-n2cnc3ccc(-c4cnc(N5CCCC5=O)o4)cc32)ccc1C(C)O. The van der Waals surface area contributed by atoms with Crippen LogP contribution in [0.25, 0.3) is 28.2 Å². The average Bonchev–Trinajstić information content (AvgIpc) is 3.62. The van der Waals surface area contributed by atoms with Gasteiger partial charge < -0.3 is 14.8 Å². The number of pyridine rings is 1. The number of hydrogen-bond acceptors (Lipinski definition) is 9. The maximum atomic E-state index is 12.0. The highest BCUT2D eigenvalue weighted by atomic mass is 16.4. The van der Waals surface area contributed by atoms with E-state index >= 15 is 0 Å². The minimum absolute atomic E-state index is 0.00704. The van der Waals surface area contributed by atoms with Crippen molar-refractivity contribution in [1.29, 1.82) is 10.7 Å². The number of carbonyl (C=O) groups excluding carboxylic acids is 1. The summed E-state index contributed by atoms with van der Waals surface area (Å²) in [6.07, 6.45) is 5.15. The first-order chi connectivity index (χ1) is 17.8. The van der Waals surface area contributed by atoms with Gasteiger partial charge in [-0.2, -0.15) is 5.26 Å². The summed E-state index contributed by atoms with van der Waals surface area (Å²) < 4.78 is 7.72. The number of carbonyl (C=O) groups is 1. The molecular weight excluding hydrogens is 472 g/mol. The van der Waals surface area contributed by atoms with E-state index in [-0.39, 0.29) is 11.6 Å². The van der Waals surface area contributed by atoms with Crippen LogP contribution in [0.2, 0.25) is 0 Å². The van der Waals surface area contributed by atoms with Gasteiger partial charge in [-0.25, -0.2) is 15.0 Å². The Bertz CT molecular complexity index is 1590. The number of imidazole rings is 1. The molecule has 3 aromatic heterocycles. The third-order valence-electron chi connectivity index (χ3n) is 6.04. The number of oxazole rings is 1. The number of aromatic nitrogens is 4. The third-order valence-corrected chi connectivity index (χ3v) is 6.04. The molecule has 1 amide bonds. The topological polar surface area (TPSA) is 157 Å². The predicted octanol–water partition coefficient (Wildman–Crippen LogP) is 4.11. The van der Waals surface area contributed by atoms with Gasteiger partial charge in [0.05, 0.1) is 23.3 Å². The van der Waals surface area contributed by atoms with Crippen LogP contribution in [0.5, 0.6) is 0 Å². The molecule has 0 aliphatic carbocycles. The van der Waals surface area contributed by atoms with Crippen LogP contribution in [0.3, 0.4) is 0 Å². The number of rotatable bonds is 7. The first-order valence-corrected chi connectivity index (χ1v) is 11.7. The summed E-state index contributed by atoms with van der Waals surface area (Å²) in [6.45, 7) is 3.95. The fourth-order valence-electron chi connectivity index (χ4n) is 4.22. The molecule has 0 saturated carbocycles. The van der Waals surface area contributed by atoms with E-state index in [2.05, 4.69) is 15.3 Å². The Morgan fingerprint density at radius 3 is 2.89 bits per heavy atom. The van der Waals surface area contributed by atoms with Crippen molar-refractivity contribution in [2.75, 3.05) is 16.8 Å². The molecule has 5 rings (SSSR count). The van der Waals surface area contributed by atoms with Crippen LogP contribution in [-0.2, 0) is 4.79 Å². The van der Waals surface area contributed by atoms with E-state index in [1.54, 1.807) is 49.5 Å². The molecule has 1 fully saturated rings. The zero-order chi connectivity index (χ0) is 26.1. The van der Waals surface area contributed by atoms with Crippen LogP contribution < -0.4 is 10.2 Å². The molecule has 11 heteroatoms. The highest BCUT2D eigenvalue weighted by Crippen LogP contribution is 2.30. The fourth-order valence-corrected chi connectivity index (χ4v) is 4.22. The van der Waals surface area contributed by atoms with Gasteiger partial charge in [0.15, 0.2) is 5.76 Å². The summed E-state index contributed by atoms with van der Waals surface area (Å²) in [6, 6.07) is 11.3. The predicted molar refractivity (Wildman–Crippen MR) is 137 cm³/mol. The second-order valence-corrected chi connectivity index (χ2v) is 8.74. The van der Waals surface area contributed by atoms with Crippen LogP contribution in [0, 0.1) is 16.7 Å². The number of nitrogens with one attached hydrogen (secondary N) is 2. The number of benzene rings is 1. The fraction of sp³-hybridized carbons (Fsp3) is 0.231. The maximum absolute atomic E-state index is 12.0. The van der Waals surface area contributed by atoms with Crippen LogP contribution in [-0.4, -0.2) is 42.8 Å². The van der Waals surface area contributed by atoms with Gasteiger partial charge in [-0.05, 0) is 56.7 Å². The van der Waals surface area contributed by atoms with E-state index in [0.717, 1.165) is 23.0 Å². The molecule has 1 aliphatic rings. The van der Waals surface area contributed by atoms with Gasteiger partial charge in [-0.3, -0.25) is 19.7 Å². The third kappa shape index (κ3) is 4.70. The lowest BCUT2D eigenvalue weighted by Gasteiger charge is -2.15. The number of amides is 1. The van der Waals surface area contributed by atoms with Gasteiger partial charge >= 0.3 is 6.01 Å². The number of fused-ring (bicyclic) bond motifs is 1. The van der Waals surface area contributed by atoms with Crippen LogP contribution in [0.4, 0.5) is 11.8 Å². The number of aliphatic hydroxyl groups excluding tert-OH is 1. The molecule has 0 spiro atoms. The van der Waals surface area contributed by atoms with E-state index in [1.165, 1.54) is 6.08 Å². The largest absolute Gasteiger partial charge is 0.423 e. The zero-order valence-corrected chi connectivity index (χ0v) is 20.3. The second-order valence-electron chi connectivity index (χ2n) is 8.74. The van der Waals surface area contributed by atoms with Crippen molar-refractivity contribution < 1.29 is 14.3 Å². The van der Waals surface area contributed by atoms with Gasteiger partial charge in [0.2, 0.25) is 5.91 Å². The van der Waals surface area contributed by atoms with E-state index < -0.39 is 6.10 Å². The van der Waals surface area contributed by atoms with E-state index in [1.807, 2.05) is 22.8 Å². The Labute approximate surface area is 212 Å². The number of anilines is 2. The van der Waals surface area contributed by atoms with E-state index in [9.17, 15) is 9.90 Å². The zero-order valence-electron chi connectivity index (χ0n) is 20.3. The summed E-state index contributed by atoms with van der Waals surface area (Å²) in [7, 11) is 0. The lowest BCUT2D eigenvalue weighted by molar-refractivity contribution is -0.117. The number of aliphatic hydroxyl groups is 1. The van der Waals surface area contributed by atoms with Gasteiger partial charge in [-0.1, -0.05) is 0 Å². The molecule has 186 valence electrons. The molecule has 1 saturated heterocycles. The Morgan fingerprint density at radius 2 is 2.16 bits per heavy atom. The maximum Gasteiger partial charge on any atom is 0.304 e. The molecule has 0 radical (unpaired) electrons. The lowest BCUT2D eigenvalue weighted by Crippen LogP contribution is -2.23. The molecule has 1 aliphatic heterocycles. The average molecular weight is 497 g/mol. The molecule has 4 heterocycles. The molecule has 1 aromatic carbocycles. The van der Waals surface area contributed by atoms with Crippen LogP contribution in [0.1, 0.15) is 38.4 Å². The van der Waals surface area contributed by atoms with Gasteiger partial charge in [0, 0.05) is 29.8 Å². The molecule has 3 N–H and O–H groups in total. The van der Waals surface area contributed by atoms with Crippen molar-refractivity contribution in [3.63, 3.8) is 0 Å². The molecule has 11 nitrogen and oxygen atoms in total. The first-order valence-electron chi connectivity index (χ1n) is 11.7. The van der Waals surface area contributed by atoms with Crippen molar-refractivity contribution in [1.82, 2.24) is 19.5 Å². The van der Waals surface area contributed by atoms with Gasteiger partial charge in [0.1, 0.15) is 29.7 Å². The second kappa shape index (κ2) is 9.67. The van der Waals surface area contributed by atoms with E-state index in [0.29, 0.717) is 47.6 Å². The molecule has 0 bridgehead atoms. The minimum atomic E-state index is -0.790. The highest BCUT2D eigenvalue weighted by Gasteiger charge is 2.26. The number of nitrogens with zero attached hydrogens (tertiary/aromatic N) is 6. The molecule has 1 unspecified atom stereocenters. The van der Waals surface area contributed by atoms with E-state index in [4.69, 9.17) is 20.1 Å². The number of nitriles is 1. The quantitative estimate of drug-likeness (QED) is 0.323. The molecule has 37 heavy (non-hydrogen) atoms. The molecular formula is C26H24N8O3. The normalized spacial score (nSPS) is 14.7. The Kier molecular flexibility index (Phi) is 6.25. The van der Waals surface area contributed by atoms with Crippen LogP contribution >= 0.6 is 0 Å². The number of allylic oxidation sites excluding steroid dienone is 2. The summed E-state index contributed by atoms with van der Waals surface area (Å²) in [5.41, 5.74) is 3.19. The summed E-state index contributed by atoms with van der Waals surface area (Å²) in [4.78, 5) is 27.1. The Hall–Kier alpha value is -4.82. The van der Waals surface area contributed by atoms with Crippen molar-refractivity contribution in [3.05, 3.63) is 60.2 Å². The lowest BCUT2D eigenvalue weighted by atomic mass is 10.1. The van der Waals surface area contributed by atoms with Gasteiger partial charge in [-0.15, -0.1) is 0 Å². The summed E-state index contributed by atoms with van der Waals surface area (Å²) in [5, 5.41) is 29.8. The van der Waals surface area contributed by atoms with Gasteiger partial charge in [0.25, 0.3) is 0 Å². The minimum Gasteiger partial charge on any atom is -0.423 e.